The van der Waals surface area contributed by atoms with Crippen molar-refractivity contribution in [1.82, 2.24) is 15.3 Å². The molecule has 0 radical (unpaired) electrons. The zero-order valence-electron chi connectivity index (χ0n) is 12.4. The van der Waals surface area contributed by atoms with Crippen LogP contribution in [0.2, 0.25) is 0 Å². The van der Waals surface area contributed by atoms with Gasteiger partial charge in [-0.1, -0.05) is 23.8 Å². The van der Waals surface area contributed by atoms with Gasteiger partial charge in [0.15, 0.2) is 0 Å². The number of nitrogens with one attached hydrogen (secondary N) is 2. The summed E-state index contributed by atoms with van der Waals surface area (Å²) in [5, 5.41) is 3.47. The van der Waals surface area contributed by atoms with E-state index < -0.39 is 0 Å². The second kappa shape index (κ2) is 5.80. The van der Waals surface area contributed by atoms with Crippen LogP contribution >= 0.6 is 0 Å². The van der Waals surface area contributed by atoms with E-state index in [1.54, 1.807) is 0 Å². The van der Waals surface area contributed by atoms with Crippen molar-refractivity contribution in [3.05, 3.63) is 41.3 Å². The van der Waals surface area contributed by atoms with Crippen molar-refractivity contribution >= 4 is 0 Å². The van der Waals surface area contributed by atoms with Crippen LogP contribution in [0.15, 0.2) is 24.4 Å². The maximum Gasteiger partial charge on any atom is 0.106 e. The van der Waals surface area contributed by atoms with Gasteiger partial charge in [0.25, 0.3) is 0 Å². The maximum atomic E-state index is 4.57. The van der Waals surface area contributed by atoms with E-state index in [1.807, 2.05) is 6.20 Å². The van der Waals surface area contributed by atoms with Crippen molar-refractivity contribution in [2.45, 2.75) is 33.1 Å². The number of aromatic amines is 1. The second-order valence-electron chi connectivity index (χ2n) is 5.98. The lowest BCUT2D eigenvalue weighted by atomic mass is 9.96. The highest BCUT2D eigenvalue weighted by Gasteiger charge is 2.15. The number of H-pyrrole nitrogens is 1. The number of benzene rings is 1. The van der Waals surface area contributed by atoms with E-state index in [1.165, 1.54) is 36.1 Å². The first kappa shape index (κ1) is 13.4. The summed E-state index contributed by atoms with van der Waals surface area (Å²) in [4.78, 5) is 8.07. The quantitative estimate of drug-likeness (QED) is 0.898. The number of hydrogen-bond acceptors (Lipinski definition) is 2. The van der Waals surface area contributed by atoms with Crippen LogP contribution in [0.4, 0.5) is 0 Å². The molecule has 0 spiro atoms. The molecule has 106 valence electrons. The Morgan fingerprint density at radius 2 is 2.20 bits per heavy atom. The molecule has 0 bridgehead atoms. The van der Waals surface area contributed by atoms with Gasteiger partial charge in [-0.3, -0.25) is 0 Å². The molecule has 1 aromatic heterocycles. The molecule has 1 aliphatic heterocycles. The minimum absolute atomic E-state index is 0.724. The van der Waals surface area contributed by atoms with Crippen LogP contribution in [0.3, 0.4) is 0 Å². The summed E-state index contributed by atoms with van der Waals surface area (Å²) in [7, 11) is 0. The molecule has 2 aromatic rings. The molecule has 2 N–H and O–H groups in total. The van der Waals surface area contributed by atoms with Crippen molar-refractivity contribution in [2.24, 2.45) is 5.92 Å². The number of piperidine rings is 1. The summed E-state index contributed by atoms with van der Waals surface area (Å²) < 4.78 is 0. The predicted octanol–water partition coefficient (Wildman–Crippen LogP) is 3.24. The minimum atomic E-state index is 0.724. The van der Waals surface area contributed by atoms with Gasteiger partial charge < -0.3 is 10.3 Å². The lowest BCUT2D eigenvalue weighted by Crippen LogP contribution is -2.31. The Bertz CT molecular complexity index is 580. The third-order valence-electron chi connectivity index (χ3n) is 4.18. The molecule has 1 aromatic carbocycles. The Labute approximate surface area is 120 Å². The lowest BCUT2D eigenvalue weighted by molar-refractivity contribution is 0.371. The van der Waals surface area contributed by atoms with Crippen LogP contribution in [0.25, 0.3) is 11.3 Å². The van der Waals surface area contributed by atoms with E-state index >= 15 is 0 Å². The Balaban J connectivity index is 1.75. The molecule has 1 unspecified atom stereocenters. The van der Waals surface area contributed by atoms with Crippen LogP contribution in [0.1, 0.15) is 29.8 Å². The number of hydrogen-bond donors (Lipinski definition) is 2. The SMILES string of the molecule is Cc1ccc(-c2cnc(CC3CCCNC3)[nH]2)c(C)c1. The van der Waals surface area contributed by atoms with Gasteiger partial charge in [0.1, 0.15) is 5.82 Å². The minimum Gasteiger partial charge on any atom is -0.342 e. The third-order valence-corrected chi connectivity index (χ3v) is 4.18. The molecular weight excluding hydrogens is 246 g/mol. The van der Waals surface area contributed by atoms with Crippen LogP contribution in [-0.2, 0) is 6.42 Å². The van der Waals surface area contributed by atoms with Gasteiger partial charge in [0.05, 0.1) is 11.9 Å². The number of aromatic nitrogens is 2. The Kier molecular flexibility index (Phi) is 3.88. The summed E-state index contributed by atoms with van der Waals surface area (Å²) >= 11 is 0. The van der Waals surface area contributed by atoms with Crippen molar-refractivity contribution in [2.75, 3.05) is 13.1 Å². The Hall–Kier alpha value is -1.61. The first-order valence-corrected chi connectivity index (χ1v) is 7.54. The van der Waals surface area contributed by atoms with Gasteiger partial charge in [-0.05, 0) is 51.3 Å². The molecule has 1 aliphatic rings. The third kappa shape index (κ3) is 2.93. The van der Waals surface area contributed by atoms with Crippen LogP contribution in [0.5, 0.6) is 0 Å². The Morgan fingerprint density at radius 3 is 2.95 bits per heavy atom. The van der Waals surface area contributed by atoms with E-state index in [-0.39, 0.29) is 0 Å². The summed E-state index contributed by atoms with van der Waals surface area (Å²) in [6, 6.07) is 6.57. The zero-order chi connectivity index (χ0) is 13.9. The standard InChI is InChI=1S/C17H23N3/c1-12-5-6-15(13(2)8-12)16-11-19-17(20-16)9-14-4-3-7-18-10-14/h5-6,8,11,14,18H,3-4,7,9-10H2,1-2H3,(H,19,20). The monoisotopic (exact) mass is 269 g/mol. The fraction of sp³-hybridized carbons (Fsp3) is 0.471. The van der Waals surface area contributed by atoms with E-state index in [4.69, 9.17) is 0 Å². The summed E-state index contributed by atoms with van der Waals surface area (Å²) in [5.41, 5.74) is 5.01. The average molecular weight is 269 g/mol. The number of imidazole rings is 1. The average Bonchev–Trinajstić information content (AvgIpc) is 2.88. The van der Waals surface area contributed by atoms with Crippen molar-refractivity contribution < 1.29 is 0 Å². The molecule has 2 heterocycles. The summed E-state index contributed by atoms with van der Waals surface area (Å²) in [6.07, 6.45) is 5.63. The van der Waals surface area contributed by atoms with Gasteiger partial charge >= 0.3 is 0 Å². The molecule has 0 saturated carbocycles. The van der Waals surface area contributed by atoms with Gasteiger partial charge in [-0.25, -0.2) is 4.98 Å². The fourth-order valence-electron chi connectivity index (χ4n) is 3.09. The number of aryl methyl sites for hydroxylation is 2. The number of rotatable bonds is 3. The zero-order valence-corrected chi connectivity index (χ0v) is 12.4. The van der Waals surface area contributed by atoms with E-state index in [0.717, 1.165) is 30.4 Å². The molecule has 20 heavy (non-hydrogen) atoms. The highest BCUT2D eigenvalue weighted by Crippen LogP contribution is 2.23. The molecule has 0 aliphatic carbocycles. The van der Waals surface area contributed by atoms with Crippen molar-refractivity contribution in [3.8, 4) is 11.3 Å². The molecular formula is C17H23N3. The number of nitrogens with zero attached hydrogens (tertiary/aromatic N) is 1. The van der Waals surface area contributed by atoms with Gasteiger partial charge in [-0.2, -0.15) is 0 Å². The molecule has 0 amide bonds. The second-order valence-corrected chi connectivity index (χ2v) is 5.98. The van der Waals surface area contributed by atoms with Crippen molar-refractivity contribution in [1.29, 1.82) is 0 Å². The topological polar surface area (TPSA) is 40.7 Å². The maximum absolute atomic E-state index is 4.57. The first-order valence-electron chi connectivity index (χ1n) is 7.54. The molecule has 3 heteroatoms. The summed E-state index contributed by atoms with van der Waals surface area (Å²) in [6.45, 7) is 6.58. The first-order chi connectivity index (χ1) is 9.72. The lowest BCUT2D eigenvalue weighted by Gasteiger charge is -2.21. The highest BCUT2D eigenvalue weighted by molar-refractivity contribution is 5.63. The van der Waals surface area contributed by atoms with Gasteiger partial charge in [0, 0.05) is 12.0 Å². The molecule has 1 fully saturated rings. The van der Waals surface area contributed by atoms with Gasteiger partial charge in [-0.15, -0.1) is 0 Å². The molecule has 1 atom stereocenters. The van der Waals surface area contributed by atoms with Crippen LogP contribution in [-0.4, -0.2) is 23.1 Å². The predicted molar refractivity (Wildman–Crippen MR) is 82.8 cm³/mol. The van der Waals surface area contributed by atoms with Crippen LogP contribution in [0, 0.1) is 19.8 Å². The summed E-state index contributed by atoms with van der Waals surface area (Å²) in [5.74, 6) is 1.84. The van der Waals surface area contributed by atoms with Crippen molar-refractivity contribution in [3.63, 3.8) is 0 Å². The highest BCUT2D eigenvalue weighted by atomic mass is 14.9. The molecule has 1 saturated heterocycles. The fourth-order valence-corrected chi connectivity index (χ4v) is 3.09. The smallest absolute Gasteiger partial charge is 0.106 e. The van der Waals surface area contributed by atoms with Crippen LogP contribution < -0.4 is 5.32 Å². The van der Waals surface area contributed by atoms with E-state index in [2.05, 4.69) is 47.3 Å². The molecule has 3 rings (SSSR count). The van der Waals surface area contributed by atoms with Gasteiger partial charge in [0.2, 0.25) is 0 Å². The Morgan fingerprint density at radius 1 is 1.30 bits per heavy atom. The largest absolute Gasteiger partial charge is 0.342 e. The van der Waals surface area contributed by atoms with E-state index in [0.29, 0.717) is 0 Å². The molecule has 3 nitrogen and oxygen atoms in total. The normalized spacial score (nSPS) is 19.2. The van der Waals surface area contributed by atoms with E-state index in [9.17, 15) is 0 Å².